The lowest BCUT2D eigenvalue weighted by Gasteiger charge is -2.25. The Morgan fingerprint density at radius 2 is 2.25 bits per heavy atom. The molecule has 0 saturated heterocycles. The molecule has 1 atom stereocenters. The van der Waals surface area contributed by atoms with E-state index in [-0.39, 0.29) is 11.8 Å². The van der Waals surface area contributed by atoms with E-state index in [0.717, 1.165) is 27.9 Å². The van der Waals surface area contributed by atoms with Gasteiger partial charge in [0.05, 0.1) is 24.8 Å². The van der Waals surface area contributed by atoms with Crippen LogP contribution in [0.1, 0.15) is 29.3 Å². The summed E-state index contributed by atoms with van der Waals surface area (Å²) < 4.78 is 5.47. The number of fused-ring (bicyclic) bond motifs is 3. The highest BCUT2D eigenvalue weighted by atomic mass is 32.1. The van der Waals surface area contributed by atoms with Crippen LogP contribution in [-0.4, -0.2) is 47.9 Å². The van der Waals surface area contributed by atoms with Crippen molar-refractivity contribution in [2.45, 2.75) is 26.2 Å². The molecule has 32 heavy (non-hydrogen) atoms. The van der Waals surface area contributed by atoms with Gasteiger partial charge >= 0.3 is 0 Å². The van der Waals surface area contributed by atoms with E-state index < -0.39 is 0 Å². The second-order valence-electron chi connectivity index (χ2n) is 7.55. The zero-order valence-corrected chi connectivity index (χ0v) is 19.1. The molecule has 4 rings (SSSR count). The van der Waals surface area contributed by atoms with Gasteiger partial charge in [-0.1, -0.05) is 0 Å². The number of aromatic nitrogens is 2. The van der Waals surface area contributed by atoms with Crippen LogP contribution in [0.15, 0.2) is 18.5 Å². The average Bonchev–Trinajstić information content (AvgIpc) is 3.18. The van der Waals surface area contributed by atoms with Crippen LogP contribution in [0.2, 0.25) is 0 Å². The summed E-state index contributed by atoms with van der Waals surface area (Å²) in [5, 5.41) is 13.3. The molecule has 1 aliphatic carbocycles. The normalized spacial score (nSPS) is 15.3. The highest BCUT2D eigenvalue weighted by molar-refractivity contribution is 7.19. The molecule has 1 aromatic carbocycles. The molecule has 0 fully saturated rings. The largest absolute Gasteiger partial charge is 0.494 e. The zero-order valence-electron chi connectivity index (χ0n) is 18.3. The number of hydrogen-bond acceptors (Lipinski definition) is 9. The summed E-state index contributed by atoms with van der Waals surface area (Å²) >= 11 is 1.60. The molecule has 10 heteroatoms. The molecule has 3 aromatic rings. The topological polar surface area (TPSA) is 126 Å². The van der Waals surface area contributed by atoms with Crippen molar-refractivity contribution in [3.63, 3.8) is 0 Å². The fourth-order valence-corrected chi connectivity index (χ4v) is 5.33. The van der Waals surface area contributed by atoms with Crippen molar-refractivity contribution in [2.24, 2.45) is 5.92 Å². The van der Waals surface area contributed by atoms with Gasteiger partial charge in [0.1, 0.15) is 22.7 Å². The third-order valence-corrected chi connectivity index (χ3v) is 6.80. The van der Waals surface area contributed by atoms with Gasteiger partial charge in [-0.15, -0.1) is 11.3 Å². The van der Waals surface area contributed by atoms with Crippen molar-refractivity contribution in [3.05, 3.63) is 34.5 Å². The first-order valence-electron chi connectivity index (χ1n) is 10.4. The SMILES string of the molecule is CCON(C)C(=O)C1CCc2c(sc3ncnc(Nc4cc(C=N)c(N)cc4OC)c23)C1. The van der Waals surface area contributed by atoms with Crippen molar-refractivity contribution in [1.29, 1.82) is 5.41 Å². The maximum Gasteiger partial charge on any atom is 0.249 e. The molecule has 9 nitrogen and oxygen atoms in total. The molecule has 168 valence electrons. The molecule has 1 unspecified atom stereocenters. The van der Waals surface area contributed by atoms with Gasteiger partial charge in [-0.2, -0.15) is 0 Å². The Morgan fingerprint density at radius 1 is 1.44 bits per heavy atom. The van der Waals surface area contributed by atoms with E-state index >= 15 is 0 Å². The standard InChI is InChI=1S/C22H26N6O3S/c1-4-31-28(2)22(29)12-5-6-14-18(8-12)32-21-19(14)20(25-11-26-21)27-16-7-13(10-23)15(24)9-17(16)30-3/h7,9-12,23H,4-6,8,24H2,1-3H3,(H,25,26,27). The number of benzene rings is 1. The van der Waals surface area contributed by atoms with Crippen molar-refractivity contribution < 1.29 is 14.4 Å². The second-order valence-corrected chi connectivity index (χ2v) is 8.63. The molecular weight excluding hydrogens is 428 g/mol. The van der Waals surface area contributed by atoms with Gasteiger partial charge in [0.25, 0.3) is 0 Å². The minimum Gasteiger partial charge on any atom is -0.494 e. The summed E-state index contributed by atoms with van der Waals surface area (Å²) in [6.07, 6.45) is 4.90. The lowest BCUT2D eigenvalue weighted by molar-refractivity contribution is -0.181. The predicted octanol–water partition coefficient (Wildman–Crippen LogP) is 3.54. The molecule has 2 heterocycles. The van der Waals surface area contributed by atoms with Gasteiger partial charge in [0.2, 0.25) is 5.91 Å². The van der Waals surface area contributed by atoms with Crippen LogP contribution in [0.5, 0.6) is 5.75 Å². The Labute approximate surface area is 190 Å². The summed E-state index contributed by atoms with van der Waals surface area (Å²) in [6, 6.07) is 3.46. The highest BCUT2D eigenvalue weighted by Gasteiger charge is 2.31. The maximum absolute atomic E-state index is 12.7. The Kier molecular flexibility index (Phi) is 6.24. The van der Waals surface area contributed by atoms with E-state index in [2.05, 4.69) is 15.3 Å². The average molecular weight is 455 g/mol. The molecule has 0 saturated carbocycles. The summed E-state index contributed by atoms with van der Waals surface area (Å²) in [5.74, 6) is 1.13. The van der Waals surface area contributed by atoms with Crippen LogP contribution in [0.3, 0.4) is 0 Å². The third-order valence-electron chi connectivity index (χ3n) is 5.64. The summed E-state index contributed by atoms with van der Waals surface area (Å²) in [7, 11) is 3.24. The van der Waals surface area contributed by atoms with Crippen LogP contribution >= 0.6 is 11.3 Å². The van der Waals surface area contributed by atoms with E-state index in [4.69, 9.17) is 20.7 Å². The van der Waals surface area contributed by atoms with Gasteiger partial charge in [-0.3, -0.25) is 9.63 Å². The van der Waals surface area contributed by atoms with Crippen LogP contribution in [0.25, 0.3) is 10.2 Å². The monoisotopic (exact) mass is 454 g/mol. The summed E-state index contributed by atoms with van der Waals surface area (Å²) in [4.78, 5) is 29.1. The number of thiophene rings is 1. The molecule has 0 radical (unpaired) electrons. The molecule has 0 spiro atoms. The Bertz CT molecular complexity index is 1180. The number of nitrogens with zero attached hydrogens (tertiary/aromatic N) is 3. The fourth-order valence-electron chi connectivity index (χ4n) is 4.06. The molecular formula is C22H26N6O3S. The van der Waals surface area contributed by atoms with Crippen molar-refractivity contribution >= 4 is 50.9 Å². The number of hydroxylamine groups is 2. The van der Waals surface area contributed by atoms with E-state index in [1.165, 1.54) is 23.2 Å². The molecule has 4 N–H and O–H groups in total. The van der Waals surface area contributed by atoms with Crippen LogP contribution < -0.4 is 15.8 Å². The van der Waals surface area contributed by atoms with E-state index in [9.17, 15) is 4.79 Å². The third kappa shape index (κ3) is 3.98. The summed E-state index contributed by atoms with van der Waals surface area (Å²) in [6.45, 7) is 2.32. The number of aryl methyl sites for hydroxylation is 1. The number of methoxy groups -OCH3 is 1. The van der Waals surface area contributed by atoms with Crippen LogP contribution in [-0.2, 0) is 22.5 Å². The molecule has 1 aliphatic rings. The number of ether oxygens (including phenoxy) is 1. The number of amides is 1. The lowest BCUT2D eigenvalue weighted by atomic mass is 9.87. The minimum absolute atomic E-state index is 0.00479. The molecule has 0 bridgehead atoms. The first-order valence-corrected chi connectivity index (χ1v) is 11.2. The van der Waals surface area contributed by atoms with Crippen molar-refractivity contribution in [3.8, 4) is 5.75 Å². The first-order chi connectivity index (χ1) is 15.5. The molecule has 0 aliphatic heterocycles. The minimum atomic E-state index is -0.108. The van der Waals surface area contributed by atoms with Gasteiger partial charge in [0, 0.05) is 41.4 Å². The van der Waals surface area contributed by atoms with Crippen molar-refractivity contribution in [2.75, 3.05) is 31.8 Å². The highest BCUT2D eigenvalue weighted by Crippen LogP contribution is 2.41. The Hall–Kier alpha value is -3.24. The quantitative estimate of drug-likeness (QED) is 0.283. The molecule has 1 amide bonds. The van der Waals surface area contributed by atoms with Gasteiger partial charge < -0.3 is 21.2 Å². The van der Waals surface area contributed by atoms with Gasteiger partial charge in [-0.05, 0) is 37.8 Å². The zero-order chi connectivity index (χ0) is 22.8. The Balaban J connectivity index is 1.69. The lowest BCUT2D eigenvalue weighted by Crippen LogP contribution is -2.35. The molecule has 2 aromatic heterocycles. The number of hydrogen-bond donors (Lipinski definition) is 3. The van der Waals surface area contributed by atoms with Gasteiger partial charge in [-0.25, -0.2) is 15.0 Å². The number of nitrogens with two attached hydrogens (primary N) is 1. The van der Waals surface area contributed by atoms with Crippen LogP contribution in [0, 0.1) is 11.3 Å². The Morgan fingerprint density at radius 3 is 2.97 bits per heavy atom. The maximum atomic E-state index is 12.7. The second kappa shape index (κ2) is 9.09. The predicted molar refractivity (Wildman–Crippen MR) is 126 cm³/mol. The van der Waals surface area contributed by atoms with E-state index in [1.54, 1.807) is 37.6 Å². The number of carbonyl (C=O) groups is 1. The number of carbonyl (C=O) groups excluding carboxylic acids is 1. The van der Waals surface area contributed by atoms with E-state index in [1.807, 2.05) is 6.92 Å². The fraction of sp³-hybridized carbons (Fsp3) is 0.364. The number of rotatable bonds is 7. The number of anilines is 3. The van der Waals surface area contributed by atoms with Crippen molar-refractivity contribution in [1.82, 2.24) is 15.0 Å². The van der Waals surface area contributed by atoms with Gasteiger partial charge in [0.15, 0.2) is 0 Å². The van der Waals surface area contributed by atoms with Crippen LogP contribution in [0.4, 0.5) is 17.2 Å². The number of nitrogens with one attached hydrogen (secondary N) is 2. The van der Waals surface area contributed by atoms with E-state index in [0.29, 0.717) is 41.5 Å². The first kappa shape index (κ1) is 22.0. The summed E-state index contributed by atoms with van der Waals surface area (Å²) in [5.41, 5.74) is 8.89. The number of nitrogen functional groups attached to an aromatic ring is 1. The smallest absolute Gasteiger partial charge is 0.249 e.